The average molecular weight is 434 g/mol. The number of aromatic hydroxyl groups is 1. The van der Waals surface area contributed by atoms with Gasteiger partial charge in [-0.1, -0.05) is 0 Å². The van der Waals surface area contributed by atoms with Crippen LogP contribution in [0.5, 0.6) is 5.75 Å². The number of hydrogen-bond donors (Lipinski definition) is 2. The zero-order valence-electron chi connectivity index (χ0n) is 18.1. The Kier molecular flexibility index (Phi) is 4.57. The molecule has 8 nitrogen and oxygen atoms in total. The van der Waals surface area contributed by atoms with Gasteiger partial charge >= 0.3 is 0 Å². The van der Waals surface area contributed by atoms with Crippen molar-refractivity contribution in [1.29, 1.82) is 0 Å². The first-order valence-electron chi connectivity index (χ1n) is 11.4. The molecule has 2 atom stereocenters. The van der Waals surface area contributed by atoms with Crippen molar-refractivity contribution in [3.8, 4) is 17.0 Å². The van der Waals surface area contributed by atoms with E-state index in [4.69, 9.17) is 4.42 Å². The summed E-state index contributed by atoms with van der Waals surface area (Å²) in [6, 6.07) is 10.6. The van der Waals surface area contributed by atoms with Crippen LogP contribution in [0.15, 0.2) is 34.7 Å². The fourth-order valence-corrected chi connectivity index (χ4v) is 5.25. The largest absolute Gasteiger partial charge is 0.507 e. The highest BCUT2D eigenvalue weighted by molar-refractivity contribution is 5.97. The number of phenolic OH excluding ortho intramolecular Hbond substituents is 1. The van der Waals surface area contributed by atoms with Gasteiger partial charge in [0.05, 0.1) is 5.69 Å². The van der Waals surface area contributed by atoms with Crippen LogP contribution >= 0.6 is 0 Å². The number of anilines is 1. The Hall–Kier alpha value is -3.13. The fourth-order valence-electron chi connectivity index (χ4n) is 5.25. The first kappa shape index (κ1) is 19.5. The quantitative estimate of drug-likeness (QED) is 0.653. The molecule has 3 aliphatic rings. The number of nitrogens with zero attached hydrogens (tertiary/aromatic N) is 4. The Morgan fingerprint density at radius 1 is 1.16 bits per heavy atom. The number of phenols is 1. The highest BCUT2D eigenvalue weighted by Crippen LogP contribution is 2.35. The summed E-state index contributed by atoms with van der Waals surface area (Å²) in [5, 5.41) is 23.8. The van der Waals surface area contributed by atoms with Gasteiger partial charge in [0.2, 0.25) is 0 Å². The summed E-state index contributed by atoms with van der Waals surface area (Å²) >= 11 is 0. The molecule has 0 saturated carbocycles. The SMILES string of the molecule is CN(c1ccc(-c2cc3oc(C(=O)N4CCC4)cc3cc2O)nn1)C1CC2CCC(C1)N2. The lowest BCUT2D eigenvalue weighted by Crippen LogP contribution is -2.47. The van der Waals surface area contributed by atoms with E-state index in [2.05, 4.69) is 27.5 Å². The van der Waals surface area contributed by atoms with Crippen LogP contribution in [0, 0.1) is 0 Å². The van der Waals surface area contributed by atoms with Crippen LogP contribution in [0.4, 0.5) is 5.82 Å². The van der Waals surface area contributed by atoms with Crippen LogP contribution in [0.2, 0.25) is 0 Å². The van der Waals surface area contributed by atoms with E-state index in [0.29, 0.717) is 46.1 Å². The lowest BCUT2D eigenvalue weighted by Gasteiger charge is -2.36. The normalized spacial score (nSPS) is 24.5. The van der Waals surface area contributed by atoms with Crippen molar-refractivity contribution < 1.29 is 14.3 Å². The van der Waals surface area contributed by atoms with Crippen LogP contribution in [0.25, 0.3) is 22.2 Å². The fraction of sp³-hybridized carbons (Fsp3) is 0.458. The van der Waals surface area contributed by atoms with Gasteiger partial charge in [-0.15, -0.1) is 10.2 Å². The maximum absolute atomic E-state index is 12.5. The average Bonchev–Trinajstić information content (AvgIpc) is 3.33. The number of carbonyl (C=O) groups is 1. The van der Waals surface area contributed by atoms with Gasteiger partial charge in [0.1, 0.15) is 11.3 Å². The molecular weight excluding hydrogens is 406 g/mol. The number of piperidine rings is 1. The molecule has 6 rings (SSSR count). The summed E-state index contributed by atoms with van der Waals surface area (Å²) in [6.07, 6.45) is 5.81. The highest BCUT2D eigenvalue weighted by atomic mass is 16.3. The number of fused-ring (bicyclic) bond motifs is 3. The number of amides is 1. The minimum atomic E-state index is -0.105. The summed E-state index contributed by atoms with van der Waals surface area (Å²) < 4.78 is 5.81. The Balaban J connectivity index is 1.24. The van der Waals surface area contributed by atoms with Crippen molar-refractivity contribution in [2.45, 2.75) is 50.2 Å². The number of hydrogen-bond acceptors (Lipinski definition) is 7. The van der Waals surface area contributed by atoms with Crippen molar-refractivity contribution in [1.82, 2.24) is 20.4 Å². The molecule has 0 aliphatic carbocycles. The van der Waals surface area contributed by atoms with E-state index in [9.17, 15) is 9.90 Å². The number of aromatic nitrogens is 2. The van der Waals surface area contributed by atoms with E-state index in [1.54, 1.807) is 23.1 Å². The number of rotatable bonds is 4. The zero-order chi connectivity index (χ0) is 21.8. The van der Waals surface area contributed by atoms with E-state index in [1.165, 1.54) is 12.8 Å². The molecule has 2 bridgehead atoms. The molecule has 3 saturated heterocycles. The lowest BCUT2D eigenvalue weighted by molar-refractivity contribution is 0.0621. The zero-order valence-corrected chi connectivity index (χ0v) is 18.1. The standard InChI is InChI=1S/C24H27N5O3/c1-28(17-11-15-3-4-16(12-17)25-15)23-6-5-19(26-27-23)18-13-21-14(9-20(18)30)10-22(32-21)24(31)29-7-2-8-29/h5-6,9-10,13,15-17,25,30H,2-4,7-8,11-12H2,1H3. The Morgan fingerprint density at radius 3 is 2.59 bits per heavy atom. The summed E-state index contributed by atoms with van der Waals surface area (Å²) in [7, 11) is 2.09. The summed E-state index contributed by atoms with van der Waals surface area (Å²) in [6.45, 7) is 1.53. The molecule has 2 N–H and O–H groups in total. The molecule has 8 heteroatoms. The molecule has 166 valence electrons. The second-order valence-electron chi connectivity index (χ2n) is 9.31. The molecule has 0 spiro atoms. The number of nitrogens with one attached hydrogen (secondary N) is 1. The molecule has 2 unspecified atom stereocenters. The maximum Gasteiger partial charge on any atom is 0.289 e. The number of likely N-dealkylation sites (tertiary alicyclic amines) is 1. The third-order valence-corrected chi connectivity index (χ3v) is 7.27. The predicted molar refractivity (Wildman–Crippen MR) is 121 cm³/mol. The third kappa shape index (κ3) is 3.30. The molecule has 5 heterocycles. The molecule has 1 amide bonds. The number of furan rings is 1. The van der Waals surface area contributed by atoms with Gasteiger partial charge in [0, 0.05) is 49.2 Å². The Bertz CT molecular complexity index is 1160. The van der Waals surface area contributed by atoms with E-state index in [1.807, 2.05) is 12.1 Å². The van der Waals surface area contributed by atoms with Crippen LogP contribution in [0.3, 0.4) is 0 Å². The molecule has 3 fully saturated rings. The molecular formula is C24H27N5O3. The summed E-state index contributed by atoms with van der Waals surface area (Å²) in [4.78, 5) is 16.4. The van der Waals surface area contributed by atoms with Crippen LogP contribution < -0.4 is 10.2 Å². The summed E-state index contributed by atoms with van der Waals surface area (Å²) in [5.41, 5.74) is 1.66. The molecule has 3 aliphatic heterocycles. The van der Waals surface area contributed by atoms with Gasteiger partial charge in [0.25, 0.3) is 5.91 Å². The van der Waals surface area contributed by atoms with E-state index in [-0.39, 0.29) is 11.7 Å². The molecule has 32 heavy (non-hydrogen) atoms. The second kappa shape index (κ2) is 7.48. The van der Waals surface area contributed by atoms with Crippen molar-refractivity contribution >= 4 is 22.7 Å². The summed E-state index contributed by atoms with van der Waals surface area (Å²) in [5.74, 6) is 1.12. The van der Waals surface area contributed by atoms with E-state index in [0.717, 1.165) is 38.2 Å². The third-order valence-electron chi connectivity index (χ3n) is 7.27. The molecule has 3 aromatic rings. The smallest absolute Gasteiger partial charge is 0.289 e. The number of benzene rings is 1. The van der Waals surface area contributed by atoms with Gasteiger partial charge in [-0.2, -0.15) is 0 Å². The molecule has 2 aromatic heterocycles. The van der Waals surface area contributed by atoms with E-state index >= 15 is 0 Å². The number of carbonyl (C=O) groups excluding carboxylic acids is 1. The van der Waals surface area contributed by atoms with Crippen molar-refractivity contribution in [2.24, 2.45) is 0 Å². The topological polar surface area (TPSA) is 94.7 Å². The lowest BCUT2D eigenvalue weighted by atomic mass is 9.98. The van der Waals surface area contributed by atoms with Gasteiger partial charge < -0.3 is 24.6 Å². The molecule has 1 aromatic carbocycles. The van der Waals surface area contributed by atoms with Gasteiger partial charge in [-0.25, -0.2) is 0 Å². The highest BCUT2D eigenvalue weighted by Gasteiger charge is 2.35. The first-order chi connectivity index (χ1) is 15.5. The molecule has 0 radical (unpaired) electrons. The van der Waals surface area contributed by atoms with Crippen molar-refractivity contribution in [3.05, 3.63) is 36.1 Å². The Morgan fingerprint density at radius 2 is 1.94 bits per heavy atom. The van der Waals surface area contributed by atoms with Crippen molar-refractivity contribution in [3.63, 3.8) is 0 Å². The monoisotopic (exact) mass is 433 g/mol. The van der Waals surface area contributed by atoms with Crippen LogP contribution in [-0.2, 0) is 0 Å². The van der Waals surface area contributed by atoms with Gasteiger partial charge in [-0.3, -0.25) is 4.79 Å². The maximum atomic E-state index is 12.5. The second-order valence-corrected chi connectivity index (χ2v) is 9.31. The van der Waals surface area contributed by atoms with Crippen LogP contribution in [-0.4, -0.2) is 64.4 Å². The van der Waals surface area contributed by atoms with Crippen LogP contribution in [0.1, 0.15) is 42.7 Å². The Labute approximate surface area is 186 Å². The van der Waals surface area contributed by atoms with Gasteiger partial charge in [-0.05, 0) is 62.4 Å². The minimum absolute atomic E-state index is 0.0894. The van der Waals surface area contributed by atoms with Gasteiger partial charge in [0.15, 0.2) is 11.6 Å². The first-order valence-corrected chi connectivity index (χ1v) is 11.4. The van der Waals surface area contributed by atoms with Crippen molar-refractivity contribution in [2.75, 3.05) is 25.0 Å². The minimum Gasteiger partial charge on any atom is -0.507 e. The predicted octanol–water partition coefficient (Wildman–Crippen LogP) is 3.16. The van der Waals surface area contributed by atoms with E-state index < -0.39 is 0 Å².